The zero-order valence-electron chi connectivity index (χ0n) is 6.13. The lowest BCUT2D eigenvalue weighted by Gasteiger charge is -2.03. The van der Waals surface area contributed by atoms with Crippen LogP contribution >= 0.6 is 11.6 Å². The lowest BCUT2D eigenvalue weighted by Crippen LogP contribution is -2.31. The number of carbonyl (C=O) groups excluding carboxylic acids is 1. The predicted molar refractivity (Wildman–Crippen MR) is 40.6 cm³/mol. The molecule has 0 fully saturated rings. The molecule has 0 saturated heterocycles. The number of carbonyl (C=O) groups is 2. The molecule has 2 N–H and O–H groups in total. The molecule has 1 atom stereocenters. The molecule has 0 spiro atoms. The Balaban J connectivity index is 3.39. The summed E-state index contributed by atoms with van der Waals surface area (Å²) in [5, 5.41) is 9.93. The Morgan fingerprint density at radius 1 is 1.64 bits per heavy atom. The topological polar surface area (TPSA) is 66.4 Å². The van der Waals surface area contributed by atoms with Gasteiger partial charge in [0.15, 0.2) is 0 Å². The molecule has 5 heteroatoms. The fraction of sp³-hybridized carbons (Fsp3) is 0.667. The molecular formula is C6H10ClNO3. The van der Waals surface area contributed by atoms with Crippen molar-refractivity contribution < 1.29 is 14.7 Å². The molecule has 1 unspecified atom stereocenters. The third kappa shape index (κ3) is 5.66. The molecule has 0 aromatic carbocycles. The third-order valence-corrected chi connectivity index (χ3v) is 1.20. The van der Waals surface area contributed by atoms with Gasteiger partial charge in [-0.3, -0.25) is 9.59 Å². The van der Waals surface area contributed by atoms with Crippen molar-refractivity contribution in [3.8, 4) is 0 Å². The molecule has 0 aromatic heterocycles. The largest absolute Gasteiger partial charge is 0.481 e. The molecular weight excluding hydrogens is 170 g/mol. The Hall–Kier alpha value is -0.770. The molecule has 0 aliphatic rings. The summed E-state index contributed by atoms with van der Waals surface area (Å²) in [4.78, 5) is 20.7. The maximum Gasteiger partial charge on any atom is 0.305 e. The van der Waals surface area contributed by atoms with Crippen LogP contribution in [0.15, 0.2) is 0 Å². The van der Waals surface area contributed by atoms with E-state index in [0.717, 1.165) is 0 Å². The molecule has 0 aromatic rings. The van der Waals surface area contributed by atoms with Gasteiger partial charge in [0.1, 0.15) is 5.38 Å². The van der Waals surface area contributed by atoms with Crippen molar-refractivity contribution >= 4 is 23.5 Å². The minimum absolute atomic E-state index is 0.0741. The molecule has 0 aliphatic heterocycles. The van der Waals surface area contributed by atoms with E-state index in [2.05, 4.69) is 5.32 Å². The van der Waals surface area contributed by atoms with Crippen molar-refractivity contribution in [1.29, 1.82) is 0 Å². The van der Waals surface area contributed by atoms with Gasteiger partial charge in [0, 0.05) is 6.54 Å². The van der Waals surface area contributed by atoms with Gasteiger partial charge in [0.05, 0.1) is 6.42 Å². The average Bonchev–Trinajstić information content (AvgIpc) is 1.86. The molecule has 0 rings (SSSR count). The first kappa shape index (κ1) is 10.2. The number of hydrogen-bond donors (Lipinski definition) is 2. The highest BCUT2D eigenvalue weighted by molar-refractivity contribution is 6.30. The second-order valence-electron chi connectivity index (χ2n) is 2.05. The summed E-state index contributed by atoms with van der Waals surface area (Å²) in [5.74, 6) is -1.28. The molecule has 4 nitrogen and oxygen atoms in total. The molecule has 0 heterocycles. The number of nitrogens with one attached hydrogen (secondary N) is 1. The van der Waals surface area contributed by atoms with E-state index in [4.69, 9.17) is 16.7 Å². The van der Waals surface area contributed by atoms with Crippen LogP contribution in [0.1, 0.15) is 13.3 Å². The molecule has 0 saturated carbocycles. The molecule has 64 valence electrons. The number of alkyl halides is 1. The SMILES string of the molecule is CC(Cl)C(=O)NCCC(=O)O. The minimum Gasteiger partial charge on any atom is -0.481 e. The second kappa shape index (κ2) is 4.96. The van der Waals surface area contributed by atoms with Gasteiger partial charge >= 0.3 is 5.97 Å². The number of amides is 1. The van der Waals surface area contributed by atoms with Crippen LogP contribution in [-0.2, 0) is 9.59 Å². The maximum atomic E-state index is 10.7. The first-order valence-electron chi connectivity index (χ1n) is 3.17. The van der Waals surface area contributed by atoms with Crippen LogP contribution in [0.25, 0.3) is 0 Å². The van der Waals surface area contributed by atoms with Gasteiger partial charge < -0.3 is 10.4 Å². The molecule has 0 radical (unpaired) electrons. The molecule has 1 amide bonds. The van der Waals surface area contributed by atoms with Gasteiger partial charge in [-0.2, -0.15) is 0 Å². The van der Waals surface area contributed by atoms with Crippen molar-refractivity contribution in [2.75, 3.05) is 6.54 Å². The number of rotatable bonds is 4. The lowest BCUT2D eigenvalue weighted by molar-refractivity contribution is -0.136. The Kier molecular flexibility index (Phi) is 4.61. The van der Waals surface area contributed by atoms with Gasteiger partial charge in [-0.15, -0.1) is 11.6 Å². The summed E-state index contributed by atoms with van der Waals surface area (Å²) in [6.07, 6.45) is -0.0741. The average molecular weight is 180 g/mol. The van der Waals surface area contributed by atoms with Crippen LogP contribution in [0.4, 0.5) is 0 Å². The lowest BCUT2D eigenvalue weighted by atomic mass is 10.4. The normalized spacial score (nSPS) is 12.2. The first-order chi connectivity index (χ1) is 5.04. The van der Waals surface area contributed by atoms with Crippen molar-refractivity contribution in [2.24, 2.45) is 0 Å². The monoisotopic (exact) mass is 179 g/mol. The van der Waals surface area contributed by atoms with Gasteiger partial charge in [-0.1, -0.05) is 0 Å². The summed E-state index contributed by atoms with van der Waals surface area (Å²) >= 11 is 5.38. The van der Waals surface area contributed by atoms with E-state index in [1.165, 1.54) is 6.92 Å². The van der Waals surface area contributed by atoms with Crippen molar-refractivity contribution in [3.63, 3.8) is 0 Å². The van der Waals surface area contributed by atoms with Crippen LogP contribution < -0.4 is 5.32 Å². The fourth-order valence-electron chi connectivity index (χ4n) is 0.433. The van der Waals surface area contributed by atoms with E-state index in [-0.39, 0.29) is 18.9 Å². The number of carboxylic acid groups (broad SMARTS) is 1. The van der Waals surface area contributed by atoms with Crippen LogP contribution in [0.2, 0.25) is 0 Å². The first-order valence-corrected chi connectivity index (χ1v) is 3.61. The van der Waals surface area contributed by atoms with Crippen LogP contribution in [-0.4, -0.2) is 28.9 Å². The highest BCUT2D eigenvalue weighted by Crippen LogP contribution is 1.91. The Morgan fingerprint density at radius 2 is 2.18 bits per heavy atom. The van der Waals surface area contributed by atoms with E-state index in [9.17, 15) is 9.59 Å². The standard InChI is InChI=1S/C6H10ClNO3/c1-4(7)6(11)8-3-2-5(9)10/h4H,2-3H2,1H3,(H,8,11)(H,9,10). The predicted octanol–water partition coefficient (Wildman–Crippen LogP) is 0.205. The Morgan fingerprint density at radius 3 is 2.55 bits per heavy atom. The van der Waals surface area contributed by atoms with E-state index < -0.39 is 11.3 Å². The highest BCUT2D eigenvalue weighted by Gasteiger charge is 2.07. The number of halogens is 1. The summed E-state index contributed by atoms with van der Waals surface area (Å²) in [7, 11) is 0. The van der Waals surface area contributed by atoms with Gasteiger partial charge in [0.25, 0.3) is 0 Å². The van der Waals surface area contributed by atoms with Crippen LogP contribution in [0, 0.1) is 0 Å². The van der Waals surface area contributed by atoms with Crippen molar-refractivity contribution in [2.45, 2.75) is 18.7 Å². The second-order valence-corrected chi connectivity index (χ2v) is 2.71. The molecule has 0 aliphatic carbocycles. The fourth-order valence-corrected chi connectivity index (χ4v) is 0.510. The summed E-state index contributed by atoms with van der Waals surface area (Å²) in [5.41, 5.74) is 0. The summed E-state index contributed by atoms with van der Waals surface area (Å²) in [6.45, 7) is 1.66. The maximum absolute atomic E-state index is 10.7. The van der Waals surface area contributed by atoms with Crippen LogP contribution in [0.5, 0.6) is 0 Å². The Labute approximate surface area is 69.5 Å². The smallest absolute Gasteiger partial charge is 0.305 e. The summed E-state index contributed by atoms with van der Waals surface area (Å²) < 4.78 is 0. The van der Waals surface area contributed by atoms with Crippen molar-refractivity contribution in [3.05, 3.63) is 0 Å². The quantitative estimate of drug-likeness (QED) is 0.606. The van der Waals surface area contributed by atoms with E-state index in [1.54, 1.807) is 0 Å². The Bertz CT molecular complexity index is 158. The summed E-state index contributed by atoms with van der Waals surface area (Å²) in [6, 6.07) is 0. The van der Waals surface area contributed by atoms with E-state index in [0.29, 0.717) is 0 Å². The van der Waals surface area contributed by atoms with Gasteiger partial charge in [-0.05, 0) is 6.92 Å². The highest BCUT2D eigenvalue weighted by atomic mass is 35.5. The minimum atomic E-state index is -0.937. The van der Waals surface area contributed by atoms with Gasteiger partial charge in [0.2, 0.25) is 5.91 Å². The molecule has 11 heavy (non-hydrogen) atoms. The van der Waals surface area contributed by atoms with Crippen LogP contribution in [0.3, 0.4) is 0 Å². The number of hydrogen-bond acceptors (Lipinski definition) is 2. The zero-order valence-corrected chi connectivity index (χ0v) is 6.89. The number of aliphatic carboxylic acids is 1. The molecule has 0 bridgehead atoms. The zero-order chi connectivity index (χ0) is 8.85. The third-order valence-electron chi connectivity index (χ3n) is 0.999. The van der Waals surface area contributed by atoms with Crippen molar-refractivity contribution in [1.82, 2.24) is 5.32 Å². The van der Waals surface area contributed by atoms with E-state index in [1.807, 2.05) is 0 Å². The van der Waals surface area contributed by atoms with E-state index >= 15 is 0 Å². The number of carboxylic acids is 1. The van der Waals surface area contributed by atoms with Gasteiger partial charge in [-0.25, -0.2) is 0 Å².